The molecule has 1 aliphatic rings. The Bertz CT molecular complexity index is 541. The maximum Gasteiger partial charge on any atom is 0.314 e. The Morgan fingerprint density at radius 3 is 2.88 bits per heavy atom. The Labute approximate surface area is 144 Å². The lowest BCUT2D eigenvalue weighted by Crippen LogP contribution is -2.47. The summed E-state index contributed by atoms with van der Waals surface area (Å²) in [6, 6.07) is 0.174. The minimum atomic E-state index is -1.14. The molecule has 2 amide bonds. The maximum atomic E-state index is 12.0. The molecule has 7 nitrogen and oxygen atoms in total. The number of nitrogens with one attached hydrogen (secondary N) is 2. The average Bonchev–Trinajstić information content (AvgIpc) is 3.12. The SMILES string of the molecule is CC(C)CN1CCC[C@H]1CNC(=O)NCC(C)(O)c1cnn(C)c1. The second-order valence-electron chi connectivity index (χ2n) is 7.42. The van der Waals surface area contributed by atoms with E-state index in [-0.39, 0.29) is 12.6 Å². The molecule has 0 saturated carbocycles. The largest absolute Gasteiger partial charge is 0.383 e. The lowest BCUT2D eigenvalue weighted by molar-refractivity contribution is 0.0592. The number of likely N-dealkylation sites (tertiary alicyclic amines) is 1. The van der Waals surface area contributed by atoms with Crippen molar-refractivity contribution in [3.05, 3.63) is 18.0 Å². The number of amides is 2. The summed E-state index contributed by atoms with van der Waals surface area (Å²) in [5.74, 6) is 0.633. The molecule has 0 radical (unpaired) electrons. The fourth-order valence-corrected chi connectivity index (χ4v) is 3.16. The minimum absolute atomic E-state index is 0.144. The van der Waals surface area contributed by atoms with Crippen molar-refractivity contribution in [3.8, 4) is 0 Å². The van der Waals surface area contributed by atoms with E-state index in [1.807, 2.05) is 0 Å². The number of rotatable bonds is 7. The lowest BCUT2D eigenvalue weighted by atomic mass is 10.00. The van der Waals surface area contributed by atoms with E-state index < -0.39 is 5.60 Å². The van der Waals surface area contributed by atoms with Gasteiger partial charge in [-0.2, -0.15) is 5.10 Å². The first-order valence-electron chi connectivity index (χ1n) is 8.75. The summed E-state index contributed by atoms with van der Waals surface area (Å²) in [5.41, 5.74) is -0.452. The van der Waals surface area contributed by atoms with Crippen LogP contribution in [-0.2, 0) is 12.6 Å². The van der Waals surface area contributed by atoms with Gasteiger partial charge >= 0.3 is 6.03 Å². The van der Waals surface area contributed by atoms with E-state index >= 15 is 0 Å². The number of nitrogens with zero attached hydrogens (tertiary/aromatic N) is 3. The number of hydrogen-bond acceptors (Lipinski definition) is 4. The van der Waals surface area contributed by atoms with E-state index in [0.29, 0.717) is 24.1 Å². The van der Waals surface area contributed by atoms with Gasteiger partial charge in [0.1, 0.15) is 5.60 Å². The summed E-state index contributed by atoms with van der Waals surface area (Å²) in [4.78, 5) is 14.5. The Morgan fingerprint density at radius 2 is 2.25 bits per heavy atom. The van der Waals surface area contributed by atoms with Gasteiger partial charge in [0.15, 0.2) is 0 Å². The first kappa shape index (κ1) is 18.7. The van der Waals surface area contributed by atoms with Gasteiger partial charge < -0.3 is 15.7 Å². The number of aromatic nitrogens is 2. The highest BCUT2D eigenvalue weighted by Gasteiger charge is 2.27. The molecule has 1 fully saturated rings. The van der Waals surface area contributed by atoms with Crippen LogP contribution < -0.4 is 10.6 Å². The van der Waals surface area contributed by atoms with Gasteiger partial charge in [0.05, 0.1) is 12.7 Å². The van der Waals surface area contributed by atoms with Crippen LogP contribution >= 0.6 is 0 Å². The van der Waals surface area contributed by atoms with Crippen molar-refractivity contribution in [2.45, 2.75) is 45.3 Å². The Balaban J connectivity index is 1.75. The second kappa shape index (κ2) is 7.98. The molecule has 2 heterocycles. The van der Waals surface area contributed by atoms with Crippen LogP contribution in [0.5, 0.6) is 0 Å². The Kier molecular flexibility index (Phi) is 6.23. The topological polar surface area (TPSA) is 82.4 Å². The van der Waals surface area contributed by atoms with Crippen LogP contribution in [0, 0.1) is 5.92 Å². The summed E-state index contributed by atoms with van der Waals surface area (Å²) < 4.78 is 1.63. The molecule has 1 unspecified atom stereocenters. The third kappa shape index (κ3) is 5.21. The molecule has 1 aromatic rings. The van der Waals surface area contributed by atoms with Gasteiger partial charge in [0.25, 0.3) is 0 Å². The maximum absolute atomic E-state index is 12.0. The quantitative estimate of drug-likeness (QED) is 0.694. The highest BCUT2D eigenvalue weighted by atomic mass is 16.3. The van der Waals surface area contributed by atoms with Gasteiger partial charge in [0, 0.05) is 37.9 Å². The molecule has 7 heteroatoms. The molecule has 2 atom stereocenters. The molecule has 0 aromatic carbocycles. The summed E-state index contributed by atoms with van der Waals surface area (Å²) in [6.07, 6.45) is 5.68. The third-order valence-corrected chi connectivity index (χ3v) is 4.52. The van der Waals surface area contributed by atoms with Crippen molar-refractivity contribution in [1.29, 1.82) is 0 Å². The predicted molar refractivity (Wildman–Crippen MR) is 93.6 cm³/mol. The summed E-state index contributed by atoms with van der Waals surface area (Å²) in [7, 11) is 1.80. The van der Waals surface area contributed by atoms with Crippen molar-refractivity contribution in [2.24, 2.45) is 13.0 Å². The van der Waals surface area contributed by atoms with E-state index in [0.717, 1.165) is 19.5 Å². The van der Waals surface area contributed by atoms with Gasteiger partial charge in [-0.05, 0) is 32.2 Å². The predicted octanol–water partition coefficient (Wildman–Crippen LogP) is 1.05. The third-order valence-electron chi connectivity index (χ3n) is 4.52. The number of hydrogen-bond donors (Lipinski definition) is 3. The molecule has 2 rings (SSSR count). The van der Waals surface area contributed by atoms with E-state index in [4.69, 9.17) is 0 Å². The fourth-order valence-electron chi connectivity index (χ4n) is 3.16. The van der Waals surface area contributed by atoms with E-state index in [9.17, 15) is 9.90 Å². The highest BCUT2D eigenvalue weighted by molar-refractivity contribution is 5.73. The zero-order chi connectivity index (χ0) is 17.7. The molecule has 1 saturated heterocycles. The van der Waals surface area contributed by atoms with E-state index in [2.05, 4.69) is 34.5 Å². The molecule has 1 aromatic heterocycles. The molecular weight excluding hydrogens is 306 g/mol. The monoisotopic (exact) mass is 337 g/mol. The van der Waals surface area contributed by atoms with Crippen LogP contribution in [0.2, 0.25) is 0 Å². The summed E-state index contributed by atoms with van der Waals surface area (Å²) in [5, 5.41) is 20.2. The summed E-state index contributed by atoms with van der Waals surface area (Å²) >= 11 is 0. The summed E-state index contributed by atoms with van der Waals surface area (Å²) in [6.45, 7) is 9.09. The molecule has 1 aliphatic heterocycles. The van der Waals surface area contributed by atoms with Gasteiger partial charge in [-0.15, -0.1) is 0 Å². The Hall–Kier alpha value is -1.60. The van der Waals surface area contributed by atoms with Gasteiger partial charge in [0.2, 0.25) is 0 Å². The van der Waals surface area contributed by atoms with Crippen LogP contribution in [0.4, 0.5) is 4.79 Å². The second-order valence-corrected chi connectivity index (χ2v) is 7.42. The first-order valence-corrected chi connectivity index (χ1v) is 8.75. The van der Waals surface area contributed by atoms with E-state index in [1.54, 1.807) is 31.0 Å². The van der Waals surface area contributed by atoms with Crippen LogP contribution in [0.3, 0.4) is 0 Å². The van der Waals surface area contributed by atoms with Crippen LogP contribution in [-0.4, -0.2) is 58.0 Å². The smallest absolute Gasteiger partial charge is 0.314 e. The molecule has 0 bridgehead atoms. The zero-order valence-corrected chi connectivity index (χ0v) is 15.2. The fraction of sp³-hybridized carbons (Fsp3) is 0.765. The van der Waals surface area contributed by atoms with Crippen molar-refractivity contribution < 1.29 is 9.90 Å². The van der Waals surface area contributed by atoms with Gasteiger partial charge in [-0.25, -0.2) is 4.79 Å². The van der Waals surface area contributed by atoms with E-state index in [1.165, 1.54) is 6.42 Å². The minimum Gasteiger partial charge on any atom is -0.383 e. The van der Waals surface area contributed by atoms with Crippen molar-refractivity contribution in [2.75, 3.05) is 26.2 Å². The van der Waals surface area contributed by atoms with Crippen LogP contribution in [0.15, 0.2) is 12.4 Å². The standard InChI is InChI=1S/C17H31N5O2/c1-13(2)10-22-7-5-6-15(22)9-18-16(23)19-12-17(3,24)14-8-20-21(4)11-14/h8,11,13,15,24H,5-7,9-10,12H2,1-4H3,(H2,18,19,23)/t15-,17?/m0/s1. The number of urea groups is 1. The van der Waals surface area contributed by atoms with Crippen molar-refractivity contribution in [3.63, 3.8) is 0 Å². The first-order chi connectivity index (χ1) is 11.3. The van der Waals surface area contributed by atoms with Crippen LogP contribution in [0.25, 0.3) is 0 Å². The van der Waals surface area contributed by atoms with Crippen molar-refractivity contribution >= 4 is 6.03 Å². The molecule has 136 valence electrons. The molecular formula is C17H31N5O2. The van der Waals surface area contributed by atoms with Gasteiger partial charge in [-0.1, -0.05) is 13.8 Å². The Morgan fingerprint density at radius 1 is 1.50 bits per heavy atom. The van der Waals surface area contributed by atoms with Gasteiger partial charge in [-0.3, -0.25) is 9.58 Å². The number of aryl methyl sites for hydroxylation is 1. The normalized spacial score (nSPS) is 21.0. The average molecular weight is 337 g/mol. The lowest BCUT2D eigenvalue weighted by Gasteiger charge is -2.27. The molecule has 3 N–H and O–H groups in total. The zero-order valence-electron chi connectivity index (χ0n) is 15.2. The molecule has 24 heavy (non-hydrogen) atoms. The van der Waals surface area contributed by atoms with Crippen LogP contribution in [0.1, 0.15) is 39.2 Å². The number of aliphatic hydroxyl groups is 1. The number of carbonyl (C=O) groups is 1. The highest BCUT2D eigenvalue weighted by Crippen LogP contribution is 2.19. The molecule has 0 aliphatic carbocycles. The van der Waals surface area contributed by atoms with Crippen molar-refractivity contribution in [1.82, 2.24) is 25.3 Å². The molecule has 0 spiro atoms. The number of carbonyl (C=O) groups excluding carboxylic acids is 1.